The first-order valence-corrected chi connectivity index (χ1v) is 8.81. The van der Waals surface area contributed by atoms with E-state index in [0.717, 1.165) is 6.29 Å². The fourth-order valence-corrected chi connectivity index (χ4v) is 2.49. The van der Waals surface area contributed by atoms with E-state index in [4.69, 9.17) is 14.2 Å². The number of rotatable bonds is 6. The molecule has 1 unspecified atom stereocenters. The molecule has 1 heterocycles. The van der Waals surface area contributed by atoms with Crippen LogP contribution in [0.5, 0.6) is 5.75 Å². The number of benzene rings is 1. The fourth-order valence-electron chi connectivity index (χ4n) is 2.49. The normalized spacial score (nSPS) is 17.1. The average molecular weight is 378 g/mol. The first-order valence-electron chi connectivity index (χ1n) is 8.81. The number of nitrogens with one attached hydrogen (secondary N) is 1. The topological polar surface area (TPSA) is 94.2 Å². The molecule has 1 atom stereocenters. The lowest BCUT2D eigenvalue weighted by Crippen LogP contribution is -2.51. The van der Waals surface area contributed by atoms with E-state index < -0.39 is 11.7 Å². The minimum Gasteiger partial charge on any atom is -0.484 e. The molecule has 1 aliphatic rings. The van der Waals surface area contributed by atoms with Crippen LogP contribution in [-0.4, -0.2) is 67.7 Å². The summed E-state index contributed by atoms with van der Waals surface area (Å²) in [6.07, 6.45) is -0.111. The van der Waals surface area contributed by atoms with Gasteiger partial charge >= 0.3 is 6.09 Å². The Bertz CT molecular complexity index is 670. The van der Waals surface area contributed by atoms with Crippen LogP contribution in [0.1, 0.15) is 31.1 Å². The Hall–Kier alpha value is -2.61. The molecule has 0 saturated carbocycles. The summed E-state index contributed by atoms with van der Waals surface area (Å²) in [6.45, 7) is 6.67. The van der Waals surface area contributed by atoms with Gasteiger partial charge in [0.1, 0.15) is 17.6 Å². The molecular weight excluding hydrogens is 352 g/mol. The van der Waals surface area contributed by atoms with Gasteiger partial charge < -0.3 is 24.4 Å². The van der Waals surface area contributed by atoms with Crippen molar-refractivity contribution in [1.82, 2.24) is 10.2 Å². The molecule has 8 nitrogen and oxygen atoms in total. The number of nitrogens with zero attached hydrogens (tertiary/aromatic N) is 1. The zero-order valence-corrected chi connectivity index (χ0v) is 15.9. The Morgan fingerprint density at radius 1 is 1.37 bits per heavy atom. The average Bonchev–Trinajstić information content (AvgIpc) is 2.63. The summed E-state index contributed by atoms with van der Waals surface area (Å²) < 4.78 is 16.2. The van der Waals surface area contributed by atoms with E-state index >= 15 is 0 Å². The van der Waals surface area contributed by atoms with Gasteiger partial charge in [-0.3, -0.25) is 9.59 Å². The van der Waals surface area contributed by atoms with Gasteiger partial charge in [0.05, 0.1) is 12.7 Å². The van der Waals surface area contributed by atoms with Gasteiger partial charge in [-0.1, -0.05) is 12.1 Å². The Morgan fingerprint density at radius 2 is 2.15 bits per heavy atom. The van der Waals surface area contributed by atoms with Crippen LogP contribution in [-0.2, 0) is 14.3 Å². The molecular formula is C19H26N2O6. The zero-order chi connectivity index (χ0) is 19.9. The molecule has 0 aliphatic carbocycles. The summed E-state index contributed by atoms with van der Waals surface area (Å²) >= 11 is 0. The molecule has 148 valence electrons. The third kappa shape index (κ3) is 7.26. The Kier molecular flexibility index (Phi) is 7.18. The highest BCUT2D eigenvalue weighted by Gasteiger charge is 2.25. The van der Waals surface area contributed by atoms with E-state index in [2.05, 4.69) is 5.32 Å². The lowest BCUT2D eigenvalue weighted by atomic mass is 10.2. The van der Waals surface area contributed by atoms with Crippen molar-refractivity contribution < 1.29 is 28.6 Å². The van der Waals surface area contributed by atoms with Gasteiger partial charge in [0.15, 0.2) is 6.61 Å². The van der Waals surface area contributed by atoms with Crippen molar-refractivity contribution in [1.29, 1.82) is 0 Å². The number of hydrogen-bond donors (Lipinski definition) is 1. The van der Waals surface area contributed by atoms with Gasteiger partial charge in [0.2, 0.25) is 0 Å². The van der Waals surface area contributed by atoms with Crippen molar-refractivity contribution in [3.05, 3.63) is 29.8 Å². The molecule has 0 spiro atoms. The molecule has 1 fully saturated rings. The number of carbonyl (C=O) groups excluding carboxylic acids is 3. The van der Waals surface area contributed by atoms with Gasteiger partial charge in [-0.25, -0.2) is 4.79 Å². The second-order valence-corrected chi connectivity index (χ2v) is 7.19. The fraction of sp³-hybridized carbons (Fsp3) is 0.526. The van der Waals surface area contributed by atoms with Crippen molar-refractivity contribution in [2.24, 2.45) is 0 Å². The highest BCUT2D eigenvalue weighted by Crippen LogP contribution is 2.13. The third-order valence-corrected chi connectivity index (χ3v) is 3.72. The summed E-state index contributed by atoms with van der Waals surface area (Å²) in [4.78, 5) is 36.5. The van der Waals surface area contributed by atoms with Crippen molar-refractivity contribution in [3.63, 3.8) is 0 Å². The van der Waals surface area contributed by atoms with Crippen LogP contribution < -0.4 is 10.1 Å². The van der Waals surface area contributed by atoms with Crippen molar-refractivity contribution in [2.75, 3.05) is 32.8 Å². The van der Waals surface area contributed by atoms with E-state index in [0.29, 0.717) is 31.0 Å². The van der Waals surface area contributed by atoms with Crippen LogP contribution in [0.25, 0.3) is 0 Å². The van der Waals surface area contributed by atoms with Crippen molar-refractivity contribution >= 4 is 18.3 Å². The summed E-state index contributed by atoms with van der Waals surface area (Å²) in [5, 5.41) is 2.65. The van der Waals surface area contributed by atoms with Gasteiger partial charge in [-0.15, -0.1) is 0 Å². The highest BCUT2D eigenvalue weighted by atomic mass is 16.6. The molecule has 0 radical (unpaired) electrons. The molecule has 1 N–H and O–H groups in total. The number of aldehydes is 1. The van der Waals surface area contributed by atoms with Crippen LogP contribution >= 0.6 is 0 Å². The van der Waals surface area contributed by atoms with Crippen LogP contribution in [0, 0.1) is 0 Å². The Balaban J connectivity index is 1.78. The van der Waals surface area contributed by atoms with Crippen LogP contribution in [0.3, 0.4) is 0 Å². The maximum Gasteiger partial charge on any atom is 0.407 e. The van der Waals surface area contributed by atoms with Gasteiger partial charge in [0, 0.05) is 25.2 Å². The number of amides is 2. The van der Waals surface area contributed by atoms with Crippen molar-refractivity contribution in [3.8, 4) is 5.75 Å². The molecule has 27 heavy (non-hydrogen) atoms. The first kappa shape index (κ1) is 20.7. The lowest BCUT2D eigenvalue weighted by molar-refractivity contribution is -0.140. The van der Waals surface area contributed by atoms with Crippen LogP contribution in [0.2, 0.25) is 0 Å². The van der Waals surface area contributed by atoms with E-state index in [-0.39, 0.29) is 25.2 Å². The first-order chi connectivity index (χ1) is 12.8. The molecule has 8 heteroatoms. The molecule has 1 saturated heterocycles. The Morgan fingerprint density at radius 3 is 2.85 bits per heavy atom. The largest absolute Gasteiger partial charge is 0.484 e. The standard InChI is InChI=1S/C19H26N2O6/c1-19(2,3)27-18(24)20-10-16-11-21(7-8-25-16)17(23)13-26-15-6-4-5-14(9-15)12-22/h4-6,9,12,16H,7-8,10-11,13H2,1-3H3,(H,20,24). The van der Waals surface area contributed by atoms with E-state index in [1.807, 2.05) is 0 Å². The quantitative estimate of drug-likeness (QED) is 0.756. The molecule has 0 aromatic heterocycles. The van der Waals surface area contributed by atoms with Gasteiger partial charge in [-0.05, 0) is 32.9 Å². The minimum absolute atomic E-state index is 0.130. The predicted octanol–water partition coefficient (Wildman–Crippen LogP) is 1.63. The zero-order valence-electron chi connectivity index (χ0n) is 15.9. The summed E-state index contributed by atoms with van der Waals surface area (Å²) in [5.41, 5.74) is -0.0857. The maximum absolute atomic E-state index is 12.4. The number of hydrogen-bond acceptors (Lipinski definition) is 6. The molecule has 0 bridgehead atoms. The minimum atomic E-state index is -0.571. The molecule has 1 aromatic rings. The van der Waals surface area contributed by atoms with E-state index in [1.54, 1.807) is 49.9 Å². The molecule has 2 rings (SSSR count). The second-order valence-electron chi connectivity index (χ2n) is 7.19. The SMILES string of the molecule is CC(C)(C)OC(=O)NCC1CN(C(=O)COc2cccc(C=O)c2)CCO1. The lowest BCUT2D eigenvalue weighted by Gasteiger charge is -2.33. The third-order valence-electron chi connectivity index (χ3n) is 3.72. The van der Waals surface area contributed by atoms with Gasteiger partial charge in [-0.2, -0.15) is 0 Å². The van der Waals surface area contributed by atoms with E-state index in [1.165, 1.54) is 0 Å². The summed E-state index contributed by atoms with van der Waals surface area (Å²) in [6, 6.07) is 6.61. The van der Waals surface area contributed by atoms with Gasteiger partial charge in [0.25, 0.3) is 5.91 Å². The summed E-state index contributed by atoms with van der Waals surface area (Å²) in [7, 11) is 0. The number of carbonyl (C=O) groups is 3. The smallest absolute Gasteiger partial charge is 0.407 e. The summed E-state index contributed by atoms with van der Waals surface area (Å²) in [5.74, 6) is 0.279. The van der Waals surface area contributed by atoms with E-state index in [9.17, 15) is 14.4 Å². The second kappa shape index (κ2) is 9.36. The maximum atomic E-state index is 12.4. The molecule has 1 aliphatic heterocycles. The van der Waals surface area contributed by atoms with Crippen molar-refractivity contribution in [2.45, 2.75) is 32.5 Å². The highest BCUT2D eigenvalue weighted by molar-refractivity contribution is 5.78. The number of morpholine rings is 1. The number of alkyl carbamates (subject to hydrolysis) is 1. The van der Waals surface area contributed by atoms with Crippen LogP contribution in [0.15, 0.2) is 24.3 Å². The monoisotopic (exact) mass is 378 g/mol. The molecule has 2 amide bonds. The number of ether oxygens (including phenoxy) is 3. The Labute approximate surface area is 158 Å². The molecule has 1 aromatic carbocycles. The predicted molar refractivity (Wildman–Crippen MR) is 97.9 cm³/mol. The van der Waals surface area contributed by atoms with Crippen LogP contribution in [0.4, 0.5) is 4.79 Å².